The van der Waals surface area contributed by atoms with Crippen molar-refractivity contribution in [2.75, 3.05) is 67.7 Å². The number of carbonyl (C=O) groups is 4. The molecule has 0 atom stereocenters. The van der Waals surface area contributed by atoms with E-state index >= 15 is 0 Å². The Kier molecular flexibility index (Phi) is 16.2. The zero-order chi connectivity index (χ0) is 23.5. The van der Waals surface area contributed by atoms with E-state index in [2.05, 4.69) is 20.1 Å². The normalized spacial score (nSPS) is 9.94. The summed E-state index contributed by atoms with van der Waals surface area (Å²) in [6.45, 7) is 2.65. The first kappa shape index (κ1) is 28.1. The predicted octanol–water partition coefficient (Wildman–Crippen LogP) is 1.79. The second-order valence-corrected chi connectivity index (χ2v) is 6.52. The van der Waals surface area contributed by atoms with Crippen molar-refractivity contribution in [3.8, 4) is 0 Å². The fraction of sp³-hybridized carbons (Fsp3) is 0.789. The van der Waals surface area contributed by atoms with Crippen LogP contribution in [0.5, 0.6) is 0 Å². The van der Waals surface area contributed by atoms with Crippen LogP contribution in [0.4, 0.5) is 19.2 Å². The molecule has 31 heavy (non-hydrogen) atoms. The number of unbranched alkanes of at least 4 members (excludes halogenated alkanes) is 2. The highest BCUT2D eigenvalue weighted by molar-refractivity contribution is 5.68. The molecule has 0 heterocycles. The standard InChI is InChI=1S/C19H36N4O8/c1-28-16(24)20-10-5-7-12-22(18(26)30-3)14-9-15-23(19(27)31-4)13-8-6-11-21-17(25)29-2/h5-15H2,1-4H3,(H,20,24)(H,21,25). The lowest BCUT2D eigenvalue weighted by atomic mass is 10.2. The van der Waals surface area contributed by atoms with Gasteiger partial charge in [0.1, 0.15) is 0 Å². The Morgan fingerprint density at radius 3 is 1.23 bits per heavy atom. The molecule has 180 valence electrons. The molecule has 0 bridgehead atoms. The third-order valence-corrected chi connectivity index (χ3v) is 4.34. The number of nitrogens with one attached hydrogen (secondary N) is 2. The molecule has 0 saturated heterocycles. The Balaban J connectivity index is 4.35. The van der Waals surface area contributed by atoms with Crippen LogP contribution in [-0.2, 0) is 18.9 Å². The van der Waals surface area contributed by atoms with Crippen molar-refractivity contribution in [3.05, 3.63) is 0 Å². The SMILES string of the molecule is COC(=O)NCCCCN(CCCN(CCCCNC(=O)OC)C(=O)OC)C(=O)OC. The maximum atomic E-state index is 12.0. The molecule has 0 rings (SSSR count). The molecule has 0 spiro atoms. The highest BCUT2D eigenvalue weighted by atomic mass is 16.6. The molecule has 4 amide bonds. The van der Waals surface area contributed by atoms with Gasteiger partial charge in [0.25, 0.3) is 0 Å². The van der Waals surface area contributed by atoms with Gasteiger partial charge < -0.3 is 39.4 Å². The average molecular weight is 449 g/mol. The van der Waals surface area contributed by atoms with Crippen LogP contribution in [0.25, 0.3) is 0 Å². The summed E-state index contributed by atoms with van der Waals surface area (Å²) in [7, 11) is 5.23. The number of carbonyl (C=O) groups excluding carboxylic acids is 4. The minimum atomic E-state index is -0.492. The highest BCUT2D eigenvalue weighted by Crippen LogP contribution is 2.04. The summed E-state index contributed by atoms with van der Waals surface area (Å²) in [6.07, 6.45) is 1.37. The van der Waals surface area contributed by atoms with Gasteiger partial charge in [0.2, 0.25) is 0 Å². The molecule has 12 nitrogen and oxygen atoms in total. The predicted molar refractivity (Wildman–Crippen MR) is 112 cm³/mol. The van der Waals surface area contributed by atoms with Crippen molar-refractivity contribution in [3.63, 3.8) is 0 Å². The molecule has 0 aliphatic rings. The number of amides is 4. The van der Waals surface area contributed by atoms with E-state index in [0.29, 0.717) is 71.4 Å². The van der Waals surface area contributed by atoms with Crippen molar-refractivity contribution >= 4 is 24.4 Å². The zero-order valence-corrected chi connectivity index (χ0v) is 18.9. The van der Waals surface area contributed by atoms with Crippen LogP contribution in [0, 0.1) is 0 Å². The van der Waals surface area contributed by atoms with Crippen LogP contribution in [0.1, 0.15) is 32.1 Å². The first-order chi connectivity index (χ1) is 14.9. The molecule has 0 aromatic carbocycles. The number of ether oxygens (including phenoxy) is 4. The van der Waals surface area contributed by atoms with Crippen LogP contribution in [0.2, 0.25) is 0 Å². The van der Waals surface area contributed by atoms with Gasteiger partial charge in [-0.1, -0.05) is 0 Å². The topological polar surface area (TPSA) is 136 Å². The van der Waals surface area contributed by atoms with Crippen LogP contribution in [0.3, 0.4) is 0 Å². The van der Waals surface area contributed by atoms with Crippen molar-refractivity contribution in [2.24, 2.45) is 0 Å². The van der Waals surface area contributed by atoms with E-state index in [1.165, 1.54) is 28.4 Å². The van der Waals surface area contributed by atoms with E-state index in [0.717, 1.165) is 0 Å². The zero-order valence-electron chi connectivity index (χ0n) is 18.9. The smallest absolute Gasteiger partial charge is 0.409 e. The molecule has 0 radical (unpaired) electrons. The van der Waals surface area contributed by atoms with Gasteiger partial charge in [0.15, 0.2) is 0 Å². The minimum absolute atomic E-state index is 0.411. The number of hydrogen-bond acceptors (Lipinski definition) is 8. The lowest BCUT2D eigenvalue weighted by Crippen LogP contribution is -2.37. The second kappa shape index (κ2) is 17.9. The summed E-state index contributed by atoms with van der Waals surface area (Å²) in [4.78, 5) is 49.1. The van der Waals surface area contributed by atoms with Gasteiger partial charge in [-0.05, 0) is 32.1 Å². The number of nitrogens with zero attached hydrogens (tertiary/aromatic N) is 2. The van der Waals surface area contributed by atoms with Crippen molar-refractivity contribution < 1.29 is 38.1 Å². The Bertz CT molecular complexity index is 501. The molecule has 0 aromatic heterocycles. The quantitative estimate of drug-likeness (QED) is 0.303. The monoisotopic (exact) mass is 448 g/mol. The molecule has 12 heteroatoms. The minimum Gasteiger partial charge on any atom is -0.453 e. The Morgan fingerprint density at radius 2 is 0.903 bits per heavy atom. The molecule has 0 unspecified atom stereocenters. The van der Waals surface area contributed by atoms with E-state index in [-0.39, 0.29) is 0 Å². The van der Waals surface area contributed by atoms with Crippen molar-refractivity contribution in [1.29, 1.82) is 0 Å². The van der Waals surface area contributed by atoms with E-state index in [9.17, 15) is 19.2 Å². The number of rotatable bonds is 14. The maximum absolute atomic E-state index is 12.0. The molecule has 0 aromatic rings. The van der Waals surface area contributed by atoms with E-state index in [4.69, 9.17) is 9.47 Å². The number of hydrogen-bond donors (Lipinski definition) is 2. The molecular formula is C19H36N4O8. The van der Waals surface area contributed by atoms with Gasteiger partial charge >= 0.3 is 24.4 Å². The number of methoxy groups -OCH3 is 4. The van der Waals surface area contributed by atoms with Crippen molar-refractivity contribution in [1.82, 2.24) is 20.4 Å². The summed E-state index contributed by atoms with van der Waals surface area (Å²) in [5.41, 5.74) is 0. The van der Waals surface area contributed by atoms with E-state index in [1.54, 1.807) is 9.80 Å². The van der Waals surface area contributed by atoms with Gasteiger partial charge in [0.05, 0.1) is 28.4 Å². The molecule has 0 saturated carbocycles. The van der Waals surface area contributed by atoms with E-state index in [1.807, 2.05) is 0 Å². The van der Waals surface area contributed by atoms with Crippen LogP contribution >= 0.6 is 0 Å². The maximum Gasteiger partial charge on any atom is 0.409 e. The Labute approximate surface area is 183 Å². The molecule has 0 fully saturated rings. The fourth-order valence-corrected chi connectivity index (χ4v) is 2.68. The van der Waals surface area contributed by atoms with E-state index < -0.39 is 24.4 Å². The van der Waals surface area contributed by atoms with Gasteiger partial charge in [-0.3, -0.25) is 0 Å². The third kappa shape index (κ3) is 13.8. The molecule has 0 aliphatic heterocycles. The van der Waals surface area contributed by atoms with Gasteiger partial charge in [-0.2, -0.15) is 0 Å². The highest BCUT2D eigenvalue weighted by Gasteiger charge is 2.17. The number of alkyl carbamates (subject to hydrolysis) is 2. The van der Waals surface area contributed by atoms with Gasteiger partial charge in [-0.25, -0.2) is 19.2 Å². The van der Waals surface area contributed by atoms with Gasteiger partial charge in [0, 0.05) is 39.3 Å². The lowest BCUT2D eigenvalue weighted by molar-refractivity contribution is 0.112. The Hall–Kier alpha value is -2.92. The summed E-state index contributed by atoms with van der Waals surface area (Å²) in [6, 6.07) is 0. The summed E-state index contributed by atoms with van der Waals surface area (Å²) < 4.78 is 18.6. The Morgan fingerprint density at radius 1 is 0.548 bits per heavy atom. The van der Waals surface area contributed by atoms with Crippen molar-refractivity contribution in [2.45, 2.75) is 32.1 Å². The summed E-state index contributed by atoms with van der Waals surface area (Å²) in [5.74, 6) is 0. The van der Waals surface area contributed by atoms with Gasteiger partial charge in [-0.15, -0.1) is 0 Å². The first-order valence-electron chi connectivity index (χ1n) is 10.2. The molecule has 0 aliphatic carbocycles. The largest absolute Gasteiger partial charge is 0.453 e. The third-order valence-electron chi connectivity index (χ3n) is 4.34. The average Bonchev–Trinajstić information content (AvgIpc) is 2.79. The lowest BCUT2D eigenvalue weighted by Gasteiger charge is -2.24. The summed E-state index contributed by atoms with van der Waals surface area (Å²) in [5, 5.41) is 5.16. The summed E-state index contributed by atoms with van der Waals surface area (Å²) >= 11 is 0. The van der Waals surface area contributed by atoms with Crippen LogP contribution in [-0.4, -0.2) is 102 Å². The van der Waals surface area contributed by atoms with Crippen LogP contribution in [0.15, 0.2) is 0 Å². The molecule has 2 N–H and O–H groups in total. The first-order valence-corrected chi connectivity index (χ1v) is 10.2. The van der Waals surface area contributed by atoms with Crippen LogP contribution < -0.4 is 10.6 Å². The fourth-order valence-electron chi connectivity index (χ4n) is 2.68. The molecular weight excluding hydrogens is 412 g/mol. The second-order valence-electron chi connectivity index (χ2n) is 6.52.